The Kier molecular flexibility index (Phi) is 3.90. The standard InChI is InChI=1S/C14H13ClN4OS/c1-9-18-19-8-12(17-14(19)21-9)13(20)16-6-5-10-3-2-4-11(15)7-10/h2-4,7-8H,5-6H2,1H3,(H,16,20). The number of hydrogen-bond acceptors (Lipinski definition) is 4. The zero-order valence-electron chi connectivity index (χ0n) is 11.3. The van der Waals surface area contributed by atoms with Gasteiger partial charge >= 0.3 is 0 Å². The largest absolute Gasteiger partial charge is 0.350 e. The van der Waals surface area contributed by atoms with Gasteiger partial charge in [-0.05, 0) is 31.0 Å². The van der Waals surface area contributed by atoms with Crippen LogP contribution in [-0.4, -0.2) is 27.0 Å². The Hall–Kier alpha value is -1.92. The summed E-state index contributed by atoms with van der Waals surface area (Å²) in [5, 5.41) is 8.71. The van der Waals surface area contributed by atoms with Crippen LogP contribution in [0.3, 0.4) is 0 Å². The lowest BCUT2D eigenvalue weighted by molar-refractivity contribution is 0.0949. The first-order chi connectivity index (χ1) is 10.1. The highest BCUT2D eigenvalue weighted by molar-refractivity contribution is 7.16. The highest BCUT2D eigenvalue weighted by Gasteiger charge is 2.12. The van der Waals surface area contributed by atoms with E-state index < -0.39 is 0 Å². The molecule has 0 aliphatic rings. The molecule has 1 aromatic carbocycles. The van der Waals surface area contributed by atoms with Crippen LogP contribution in [0.1, 0.15) is 21.1 Å². The Morgan fingerprint density at radius 3 is 3.10 bits per heavy atom. The summed E-state index contributed by atoms with van der Waals surface area (Å²) in [5.41, 5.74) is 1.48. The number of hydrogen-bond donors (Lipinski definition) is 1. The van der Waals surface area contributed by atoms with Crippen molar-refractivity contribution in [2.75, 3.05) is 6.54 Å². The number of carbonyl (C=O) groups excluding carboxylic acids is 1. The predicted octanol–water partition coefficient (Wildman–Crippen LogP) is 2.73. The number of imidazole rings is 1. The van der Waals surface area contributed by atoms with Crippen molar-refractivity contribution in [1.29, 1.82) is 0 Å². The number of halogens is 1. The molecule has 3 rings (SSSR count). The predicted molar refractivity (Wildman–Crippen MR) is 83.1 cm³/mol. The Labute approximate surface area is 130 Å². The monoisotopic (exact) mass is 320 g/mol. The van der Waals surface area contributed by atoms with Crippen molar-refractivity contribution in [3.8, 4) is 0 Å². The van der Waals surface area contributed by atoms with Gasteiger partial charge in [-0.15, -0.1) is 0 Å². The molecule has 0 saturated carbocycles. The van der Waals surface area contributed by atoms with E-state index in [-0.39, 0.29) is 5.91 Å². The van der Waals surface area contributed by atoms with Gasteiger partial charge < -0.3 is 5.32 Å². The van der Waals surface area contributed by atoms with Crippen molar-refractivity contribution >= 4 is 33.8 Å². The van der Waals surface area contributed by atoms with Gasteiger partial charge in [0.15, 0.2) is 0 Å². The van der Waals surface area contributed by atoms with Crippen molar-refractivity contribution in [3.05, 3.63) is 51.7 Å². The molecule has 0 spiro atoms. The molecule has 2 aromatic heterocycles. The zero-order chi connectivity index (χ0) is 14.8. The van der Waals surface area contributed by atoms with Gasteiger partial charge in [0.05, 0.1) is 6.20 Å². The molecule has 1 N–H and O–H groups in total. The van der Waals surface area contributed by atoms with E-state index in [1.165, 1.54) is 11.3 Å². The lowest BCUT2D eigenvalue weighted by atomic mass is 10.1. The third-order valence-electron chi connectivity index (χ3n) is 2.97. The SMILES string of the molecule is Cc1nn2cc(C(=O)NCCc3cccc(Cl)c3)nc2s1. The molecule has 0 fully saturated rings. The fourth-order valence-electron chi connectivity index (χ4n) is 2.01. The number of nitrogens with one attached hydrogen (secondary N) is 1. The molecule has 0 aliphatic carbocycles. The Morgan fingerprint density at radius 2 is 2.33 bits per heavy atom. The highest BCUT2D eigenvalue weighted by Crippen LogP contribution is 2.13. The smallest absolute Gasteiger partial charge is 0.271 e. The first kappa shape index (κ1) is 14.0. The van der Waals surface area contributed by atoms with Gasteiger partial charge in [-0.25, -0.2) is 9.50 Å². The molecule has 0 saturated heterocycles. The molecular formula is C14H13ClN4OS. The van der Waals surface area contributed by atoms with Crippen LogP contribution >= 0.6 is 22.9 Å². The average molecular weight is 321 g/mol. The summed E-state index contributed by atoms with van der Waals surface area (Å²) in [5.74, 6) is -0.188. The second-order valence-electron chi connectivity index (χ2n) is 4.61. The van der Waals surface area contributed by atoms with E-state index in [2.05, 4.69) is 15.4 Å². The van der Waals surface area contributed by atoms with Crippen LogP contribution in [0.15, 0.2) is 30.5 Å². The molecule has 21 heavy (non-hydrogen) atoms. The Morgan fingerprint density at radius 1 is 1.48 bits per heavy atom. The lowest BCUT2D eigenvalue weighted by Gasteiger charge is -2.03. The van der Waals surface area contributed by atoms with Crippen LogP contribution in [0.5, 0.6) is 0 Å². The van der Waals surface area contributed by atoms with Gasteiger partial charge in [-0.3, -0.25) is 4.79 Å². The molecule has 3 aromatic rings. The molecule has 108 valence electrons. The van der Waals surface area contributed by atoms with E-state index in [1.54, 1.807) is 10.7 Å². The highest BCUT2D eigenvalue weighted by atomic mass is 35.5. The molecule has 7 heteroatoms. The van der Waals surface area contributed by atoms with E-state index in [0.717, 1.165) is 22.0 Å². The minimum absolute atomic E-state index is 0.188. The molecule has 0 radical (unpaired) electrons. The van der Waals surface area contributed by atoms with Crippen LogP contribution < -0.4 is 5.32 Å². The van der Waals surface area contributed by atoms with Gasteiger partial charge in [0, 0.05) is 11.6 Å². The first-order valence-corrected chi connectivity index (χ1v) is 7.67. The van der Waals surface area contributed by atoms with Crippen LogP contribution in [-0.2, 0) is 6.42 Å². The second kappa shape index (κ2) is 5.83. The Bertz CT molecular complexity index is 764. The van der Waals surface area contributed by atoms with Crippen molar-refractivity contribution < 1.29 is 4.79 Å². The van der Waals surface area contributed by atoms with Gasteiger partial charge in [-0.1, -0.05) is 35.1 Å². The summed E-state index contributed by atoms with van der Waals surface area (Å²) in [6.45, 7) is 2.45. The van der Waals surface area contributed by atoms with E-state index in [4.69, 9.17) is 11.6 Å². The zero-order valence-corrected chi connectivity index (χ0v) is 12.9. The average Bonchev–Trinajstić information content (AvgIpc) is 2.96. The van der Waals surface area contributed by atoms with Crippen molar-refractivity contribution in [2.45, 2.75) is 13.3 Å². The van der Waals surface area contributed by atoms with Crippen molar-refractivity contribution in [2.24, 2.45) is 0 Å². The van der Waals surface area contributed by atoms with Crippen LogP contribution in [0, 0.1) is 6.92 Å². The van der Waals surface area contributed by atoms with Crippen LogP contribution in [0.4, 0.5) is 0 Å². The molecule has 0 unspecified atom stereocenters. The summed E-state index contributed by atoms with van der Waals surface area (Å²) in [6.07, 6.45) is 2.37. The molecular weight excluding hydrogens is 308 g/mol. The van der Waals surface area contributed by atoms with Gasteiger partial charge in [0.25, 0.3) is 5.91 Å². The molecule has 0 bridgehead atoms. The number of fused-ring (bicyclic) bond motifs is 1. The number of carbonyl (C=O) groups is 1. The van der Waals surface area contributed by atoms with Crippen molar-refractivity contribution in [3.63, 3.8) is 0 Å². The van der Waals surface area contributed by atoms with E-state index in [9.17, 15) is 4.79 Å². The molecule has 5 nitrogen and oxygen atoms in total. The summed E-state index contributed by atoms with van der Waals surface area (Å²) in [7, 11) is 0. The maximum Gasteiger partial charge on any atom is 0.271 e. The first-order valence-electron chi connectivity index (χ1n) is 6.47. The second-order valence-corrected chi connectivity index (χ2v) is 6.21. The number of benzene rings is 1. The van der Waals surface area contributed by atoms with Gasteiger partial charge in [0.1, 0.15) is 10.7 Å². The third kappa shape index (κ3) is 3.22. The fraction of sp³-hybridized carbons (Fsp3) is 0.214. The summed E-state index contributed by atoms with van der Waals surface area (Å²) in [4.78, 5) is 17.0. The summed E-state index contributed by atoms with van der Waals surface area (Å²) < 4.78 is 1.63. The maximum atomic E-state index is 12.0. The minimum atomic E-state index is -0.188. The Balaban J connectivity index is 1.59. The number of aromatic nitrogens is 3. The topological polar surface area (TPSA) is 59.3 Å². The number of rotatable bonds is 4. The number of amides is 1. The number of nitrogens with zero attached hydrogens (tertiary/aromatic N) is 3. The third-order valence-corrected chi connectivity index (χ3v) is 4.04. The van der Waals surface area contributed by atoms with E-state index in [0.29, 0.717) is 17.3 Å². The molecule has 1 amide bonds. The summed E-state index contributed by atoms with van der Waals surface area (Å²) >= 11 is 7.38. The minimum Gasteiger partial charge on any atom is -0.350 e. The lowest BCUT2D eigenvalue weighted by Crippen LogP contribution is -2.26. The maximum absolute atomic E-state index is 12.0. The quantitative estimate of drug-likeness (QED) is 0.804. The molecule has 0 aliphatic heterocycles. The normalized spacial score (nSPS) is 11.0. The van der Waals surface area contributed by atoms with E-state index in [1.807, 2.05) is 31.2 Å². The molecule has 2 heterocycles. The summed E-state index contributed by atoms with van der Waals surface area (Å²) in [6, 6.07) is 7.61. The van der Waals surface area contributed by atoms with E-state index >= 15 is 0 Å². The fourth-order valence-corrected chi connectivity index (χ4v) is 2.95. The number of aryl methyl sites for hydroxylation is 1. The molecule has 0 atom stereocenters. The van der Waals surface area contributed by atoms with Gasteiger partial charge in [-0.2, -0.15) is 5.10 Å². The van der Waals surface area contributed by atoms with Crippen molar-refractivity contribution in [1.82, 2.24) is 19.9 Å². The van der Waals surface area contributed by atoms with Crippen LogP contribution in [0.2, 0.25) is 5.02 Å². The van der Waals surface area contributed by atoms with Gasteiger partial charge in [0.2, 0.25) is 4.96 Å². The van der Waals surface area contributed by atoms with Crippen LogP contribution in [0.25, 0.3) is 4.96 Å².